The lowest BCUT2D eigenvalue weighted by molar-refractivity contribution is -0.131. The first kappa shape index (κ1) is 18.1. The van der Waals surface area contributed by atoms with E-state index in [1.807, 2.05) is 30.3 Å². The number of carbonyl (C=O) groups excluding carboxylic acids is 1. The van der Waals surface area contributed by atoms with E-state index < -0.39 is 16.1 Å². The van der Waals surface area contributed by atoms with Gasteiger partial charge in [0.05, 0.1) is 10.6 Å². The van der Waals surface area contributed by atoms with Crippen LogP contribution in [-0.2, 0) is 26.2 Å². The second kappa shape index (κ2) is 7.67. The summed E-state index contributed by atoms with van der Waals surface area (Å²) < 4.78 is 25.9. The normalized spacial score (nSPS) is 16.7. The van der Waals surface area contributed by atoms with Crippen LogP contribution in [0.4, 0.5) is 0 Å². The van der Waals surface area contributed by atoms with E-state index in [0.717, 1.165) is 11.3 Å². The zero-order valence-electron chi connectivity index (χ0n) is 14.2. The molecule has 0 aliphatic carbocycles. The molecule has 0 fully saturated rings. The minimum atomic E-state index is -3.52. The minimum Gasteiger partial charge on any atom is -0.382 e. The van der Waals surface area contributed by atoms with Crippen LogP contribution in [0.3, 0.4) is 0 Å². The monoisotopic (exact) mass is 373 g/mol. The molecule has 8 heteroatoms. The lowest BCUT2D eigenvalue weighted by Gasteiger charge is -2.10. The summed E-state index contributed by atoms with van der Waals surface area (Å²) in [5, 5.41) is 6.75. The van der Waals surface area contributed by atoms with Crippen molar-refractivity contribution in [1.82, 2.24) is 10.0 Å². The van der Waals surface area contributed by atoms with Gasteiger partial charge in [0.25, 0.3) is 5.91 Å². The van der Waals surface area contributed by atoms with Gasteiger partial charge in [-0.3, -0.25) is 4.79 Å². The molecule has 0 radical (unpaired) electrons. The van der Waals surface area contributed by atoms with Crippen molar-refractivity contribution < 1.29 is 18.0 Å². The molecule has 0 bridgehead atoms. The maximum atomic E-state index is 12.3. The van der Waals surface area contributed by atoms with Crippen molar-refractivity contribution in [1.29, 1.82) is 0 Å². The van der Waals surface area contributed by atoms with E-state index >= 15 is 0 Å². The molecule has 2 N–H and O–H groups in total. The maximum absolute atomic E-state index is 12.3. The molecule has 1 aliphatic rings. The Hall–Kier alpha value is -2.71. The molecule has 2 aromatic rings. The highest BCUT2D eigenvalue weighted by atomic mass is 32.2. The number of nitrogens with zero attached hydrogens (tertiary/aromatic N) is 1. The Labute approximate surface area is 152 Å². The summed E-state index contributed by atoms with van der Waals surface area (Å²) in [5.41, 5.74) is 2.33. The largest absolute Gasteiger partial charge is 0.382 e. The van der Waals surface area contributed by atoms with Gasteiger partial charge in [0, 0.05) is 13.0 Å². The number of nitrogens with one attached hydrogen (secondary N) is 2. The average Bonchev–Trinajstić information content (AvgIpc) is 3.17. The van der Waals surface area contributed by atoms with Crippen molar-refractivity contribution in [2.75, 3.05) is 7.05 Å². The van der Waals surface area contributed by atoms with Crippen LogP contribution >= 0.6 is 0 Å². The Kier molecular flexibility index (Phi) is 5.34. The molecule has 136 valence electrons. The van der Waals surface area contributed by atoms with Crippen molar-refractivity contribution in [3.05, 3.63) is 65.7 Å². The van der Waals surface area contributed by atoms with Gasteiger partial charge < -0.3 is 10.2 Å². The van der Waals surface area contributed by atoms with Gasteiger partial charge in [0.1, 0.15) is 0 Å². The molecular weight excluding hydrogens is 354 g/mol. The number of hydrogen-bond donors (Lipinski definition) is 2. The molecular formula is C18H19N3O4S. The number of benzene rings is 2. The number of amides is 1. The highest BCUT2D eigenvalue weighted by Gasteiger charge is 2.28. The number of carbonyl (C=O) groups is 1. The third-order valence-corrected chi connectivity index (χ3v) is 5.42. The predicted octanol–water partition coefficient (Wildman–Crippen LogP) is 1.40. The fourth-order valence-electron chi connectivity index (χ4n) is 2.56. The summed E-state index contributed by atoms with van der Waals surface area (Å²) in [4.78, 5) is 17.7. The fraction of sp³-hybridized carbons (Fsp3) is 0.222. The molecule has 1 atom stereocenters. The van der Waals surface area contributed by atoms with Gasteiger partial charge in [0.2, 0.25) is 16.1 Å². The summed E-state index contributed by atoms with van der Waals surface area (Å²) >= 11 is 0. The minimum absolute atomic E-state index is 0.151. The molecule has 1 heterocycles. The summed E-state index contributed by atoms with van der Waals surface area (Å²) in [6.45, 7) is 0.201. The summed E-state index contributed by atoms with van der Waals surface area (Å²) in [6, 6.07) is 15.9. The SMILES string of the molecule is CNS(=O)(=O)c1cccc(CNC(=O)C2CC(c3ccccc3)=NO2)c1. The number of rotatable bonds is 6. The standard InChI is InChI=1S/C18H19N3O4S/c1-19-26(23,24)15-9-5-6-13(10-15)12-20-18(22)17-11-16(21-25-17)14-7-3-2-4-8-14/h2-10,17,19H,11-12H2,1H3,(H,20,22). The Morgan fingerprint density at radius 3 is 2.69 bits per heavy atom. The quantitative estimate of drug-likeness (QED) is 0.800. The molecule has 0 saturated heterocycles. The molecule has 26 heavy (non-hydrogen) atoms. The molecule has 1 unspecified atom stereocenters. The van der Waals surface area contributed by atoms with Crippen LogP contribution in [0.1, 0.15) is 17.5 Å². The van der Waals surface area contributed by atoms with E-state index in [1.54, 1.807) is 12.1 Å². The number of oxime groups is 1. The van der Waals surface area contributed by atoms with Crippen LogP contribution in [0, 0.1) is 0 Å². The zero-order chi connectivity index (χ0) is 18.6. The smallest absolute Gasteiger partial charge is 0.264 e. The van der Waals surface area contributed by atoms with Crippen LogP contribution in [0.2, 0.25) is 0 Å². The van der Waals surface area contributed by atoms with Crippen molar-refractivity contribution in [3.8, 4) is 0 Å². The van der Waals surface area contributed by atoms with E-state index in [4.69, 9.17) is 4.84 Å². The lowest BCUT2D eigenvalue weighted by atomic mass is 10.0. The van der Waals surface area contributed by atoms with Crippen molar-refractivity contribution in [3.63, 3.8) is 0 Å². The van der Waals surface area contributed by atoms with E-state index in [1.165, 1.54) is 19.2 Å². The Morgan fingerprint density at radius 2 is 1.96 bits per heavy atom. The Morgan fingerprint density at radius 1 is 1.19 bits per heavy atom. The van der Waals surface area contributed by atoms with Crippen LogP contribution in [0.5, 0.6) is 0 Å². The third kappa shape index (κ3) is 4.09. The van der Waals surface area contributed by atoms with Crippen LogP contribution in [0.25, 0.3) is 0 Å². The van der Waals surface area contributed by atoms with Crippen LogP contribution in [0.15, 0.2) is 64.6 Å². The second-order valence-corrected chi connectivity index (χ2v) is 7.66. The number of sulfonamides is 1. The van der Waals surface area contributed by atoms with Gasteiger partial charge >= 0.3 is 0 Å². The van der Waals surface area contributed by atoms with Crippen LogP contribution in [-0.4, -0.2) is 33.2 Å². The zero-order valence-corrected chi connectivity index (χ0v) is 15.0. The van der Waals surface area contributed by atoms with Crippen molar-refractivity contribution >= 4 is 21.6 Å². The van der Waals surface area contributed by atoms with Gasteiger partial charge in [-0.15, -0.1) is 0 Å². The first-order valence-electron chi connectivity index (χ1n) is 8.08. The molecule has 7 nitrogen and oxygen atoms in total. The van der Waals surface area contributed by atoms with Gasteiger partial charge in [0.15, 0.2) is 0 Å². The first-order chi connectivity index (χ1) is 12.5. The van der Waals surface area contributed by atoms with E-state index in [0.29, 0.717) is 12.0 Å². The summed E-state index contributed by atoms with van der Waals surface area (Å²) in [5.74, 6) is -0.290. The molecule has 1 aliphatic heterocycles. The van der Waals surface area contributed by atoms with E-state index in [9.17, 15) is 13.2 Å². The predicted molar refractivity (Wildman–Crippen MR) is 97.0 cm³/mol. The highest BCUT2D eigenvalue weighted by Crippen LogP contribution is 2.17. The Bertz CT molecular complexity index is 926. The number of hydrogen-bond acceptors (Lipinski definition) is 5. The lowest BCUT2D eigenvalue weighted by Crippen LogP contribution is -2.34. The van der Waals surface area contributed by atoms with Crippen LogP contribution < -0.4 is 10.0 Å². The average molecular weight is 373 g/mol. The van der Waals surface area contributed by atoms with E-state index in [2.05, 4.69) is 15.2 Å². The van der Waals surface area contributed by atoms with Gasteiger partial charge in [-0.25, -0.2) is 13.1 Å². The molecule has 0 spiro atoms. The van der Waals surface area contributed by atoms with Gasteiger partial charge in [-0.05, 0) is 30.3 Å². The highest BCUT2D eigenvalue weighted by molar-refractivity contribution is 7.89. The second-order valence-electron chi connectivity index (χ2n) is 5.77. The topological polar surface area (TPSA) is 96.9 Å². The molecule has 1 amide bonds. The van der Waals surface area contributed by atoms with Crippen molar-refractivity contribution in [2.24, 2.45) is 5.16 Å². The fourth-order valence-corrected chi connectivity index (χ4v) is 3.36. The van der Waals surface area contributed by atoms with Gasteiger partial charge in [-0.1, -0.05) is 47.6 Å². The molecule has 3 rings (SSSR count). The Balaban J connectivity index is 1.58. The molecule has 2 aromatic carbocycles. The maximum Gasteiger partial charge on any atom is 0.264 e. The van der Waals surface area contributed by atoms with E-state index in [-0.39, 0.29) is 17.3 Å². The first-order valence-corrected chi connectivity index (χ1v) is 9.56. The van der Waals surface area contributed by atoms with Gasteiger partial charge in [-0.2, -0.15) is 0 Å². The molecule has 0 aromatic heterocycles. The molecule has 0 saturated carbocycles. The third-order valence-electron chi connectivity index (χ3n) is 4.01. The van der Waals surface area contributed by atoms with Crippen molar-refractivity contribution in [2.45, 2.75) is 24.0 Å². The summed E-state index contributed by atoms with van der Waals surface area (Å²) in [7, 11) is -2.17. The summed E-state index contributed by atoms with van der Waals surface area (Å²) in [6.07, 6.45) is -0.293.